The molecule has 0 bridgehead atoms. The van der Waals surface area contributed by atoms with Crippen molar-refractivity contribution in [3.63, 3.8) is 0 Å². The molecule has 2 fully saturated rings. The Labute approximate surface area is 116 Å². The molecule has 2 atom stereocenters. The molecule has 4 heteroatoms. The van der Waals surface area contributed by atoms with Gasteiger partial charge in [0.2, 0.25) is 0 Å². The molecule has 0 amide bonds. The minimum atomic E-state index is 0. The van der Waals surface area contributed by atoms with Crippen LogP contribution in [0.4, 0.5) is 0 Å². The summed E-state index contributed by atoms with van der Waals surface area (Å²) >= 11 is 0. The molecule has 2 rings (SSSR count). The minimum Gasteiger partial charge on any atom is -0.357 e. The Morgan fingerprint density at radius 2 is 2.06 bits per heavy atom. The van der Waals surface area contributed by atoms with Gasteiger partial charge in [-0.1, -0.05) is 13.8 Å². The van der Waals surface area contributed by atoms with Crippen molar-refractivity contribution >= 4 is 29.9 Å². The van der Waals surface area contributed by atoms with E-state index in [1.54, 1.807) is 0 Å². The van der Waals surface area contributed by atoms with Gasteiger partial charge in [0, 0.05) is 19.1 Å². The maximum absolute atomic E-state index is 4.66. The number of hydrogen-bond donors (Lipinski definition) is 2. The smallest absolute Gasteiger partial charge is 0.191 e. The fourth-order valence-electron chi connectivity index (χ4n) is 1.66. The standard InChI is InChI=1S/C12H23N3.HI/c1-4-13-11(15-10-7-9(10)2)14-8-12(3)5-6-12;/h9-10H,4-8H2,1-3H3,(H2,13,14,15);1H. The van der Waals surface area contributed by atoms with Gasteiger partial charge in [-0.3, -0.25) is 4.99 Å². The molecule has 2 N–H and O–H groups in total. The van der Waals surface area contributed by atoms with Crippen LogP contribution in [-0.4, -0.2) is 25.1 Å². The van der Waals surface area contributed by atoms with E-state index >= 15 is 0 Å². The van der Waals surface area contributed by atoms with Crippen molar-refractivity contribution in [2.24, 2.45) is 16.3 Å². The Hall–Kier alpha value is 0. The van der Waals surface area contributed by atoms with Crippen LogP contribution < -0.4 is 10.6 Å². The van der Waals surface area contributed by atoms with Crippen molar-refractivity contribution in [3.8, 4) is 0 Å². The second kappa shape index (κ2) is 5.56. The molecule has 0 aromatic heterocycles. The predicted octanol–water partition coefficient (Wildman–Crippen LogP) is 2.37. The first-order valence-corrected chi connectivity index (χ1v) is 6.18. The van der Waals surface area contributed by atoms with Crippen molar-refractivity contribution in [1.82, 2.24) is 10.6 Å². The van der Waals surface area contributed by atoms with Gasteiger partial charge in [0.25, 0.3) is 0 Å². The zero-order chi connectivity index (χ0) is 10.9. The van der Waals surface area contributed by atoms with Crippen molar-refractivity contribution < 1.29 is 0 Å². The highest BCUT2D eigenvalue weighted by atomic mass is 127. The van der Waals surface area contributed by atoms with Crippen LogP contribution in [0.5, 0.6) is 0 Å². The third-order valence-electron chi connectivity index (χ3n) is 3.50. The Morgan fingerprint density at radius 1 is 1.44 bits per heavy atom. The third-order valence-corrected chi connectivity index (χ3v) is 3.50. The van der Waals surface area contributed by atoms with E-state index in [1.807, 2.05) is 0 Å². The van der Waals surface area contributed by atoms with E-state index in [4.69, 9.17) is 0 Å². The Morgan fingerprint density at radius 3 is 2.50 bits per heavy atom. The van der Waals surface area contributed by atoms with Crippen LogP contribution in [0.15, 0.2) is 4.99 Å². The SMILES string of the molecule is CCNC(=NCC1(C)CC1)NC1CC1C.I. The van der Waals surface area contributed by atoms with E-state index in [2.05, 4.69) is 36.4 Å². The van der Waals surface area contributed by atoms with Gasteiger partial charge in [-0.15, -0.1) is 24.0 Å². The maximum Gasteiger partial charge on any atom is 0.191 e. The fourth-order valence-corrected chi connectivity index (χ4v) is 1.66. The number of hydrogen-bond acceptors (Lipinski definition) is 1. The molecule has 16 heavy (non-hydrogen) atoms. The summed E-state index contributed by atoms with van der Waals surface area (Å²) < 4.78 is 0. The molecule has 0 aromatic carbocycles. The number of nitrogens with one attached hydrogen (secondary N) is 2. The summed E-state index contributed by atoms with van der Waals surface area (Å²) in [6.07, 6.45) is 3.98. The highest BCUT2D eigenvalue weighted by molar-refractivity contribution is 14.0. The fraction of sp³-hybridized carbons (Fsp3) is 0.917. The van der Waals surface area contributed by atoms with E-state index in [0.29, 0.717) is 11.5 Å². The number of nitrogens with zero attached hydrogens (tertiary/aromatic N) is 1. The van der Waals surface area contributed by atoms with E-state index in [0.717, 1.165) is 25.0 Å². The average Bonchev–Trinajstić information content (AvgIpc) is 3.07. The van der Waals surface area contributed by atoms with Gasteiger partial charge >= 0.3 is 0 Å². The molecule has 2 aliphatic carbocycles. The normalized spacial score (nSPS) is 30.3. The Kier molecular flexibility index (Phi) is 4.88. The van der Waals surface area contributed by atoms with Crippen LogP contribution in [0.25, 0.3) is 0 Å². The lowest BCUT2D eigenvalue weighted by molar-refractivity contribution is 0.584. The second-order valence-corrected chi connectivity index (χ2v) is 5.47. The van der Waals surface area contributed by atoms with Crippen molar-refractivity contribution in [1.29, 1.82) is 0 Å². The molecule has 2 saturated carbocycles. The largest absolute Gasteiger partial charge is 0.357 e. The lowest BCUT2D eigenvalue weighted by Gasteiger charge is -2.12. The van der Waals surface area contributed by atoms with Gasteiger partial charge in [0.05, 0.1) is 0 Å². The Bertz CT molecular complexity index is 261. The first-order chi connectivity index (χ1) is 7.13. The summed E-state index contributed by atoms with van der Waals surface area (Å²) in [5.74, 6) is 1.84. The predicted molar refractivity (Wildman–Crippen MR) is 79.4 cm³/mol. The number of aliphatic imine (C=N–C) groups is 1. The number of halogens is 1. The molecule has 2 aliphatic rings. The van der Waals surface area contributed by atoms with Gasteiger partial charge in [0.1, 0.15) is 0 Å². The molecule has 2 unspecified atom stereocenters. The van der Waals surface area contributed by atoms with Gasteiger partial charge in [0.15, 0.2) is 5.96 Å². The van der Waals surface area contributed by atoms with Crippen molar-refractivity contribution in [3.05, 3.63) is 0 Å². The zero-order valence-corrected chi connectivity index (χ0v) is 12.9. The highest BCUT2D eigenvalue weighted by Gasteiger charge is 2.37. The quantitative estimate of drug-likeness (QED) is 0.469. The van der Waals surface area contributed by atoms with Gasteiger partial charge in [-0.25, -0.2) is 0 Å². The summed E-state index contributed by atoms with van der Waals surface area (Å²) in [6.45, 7) is 8.64. The summed E-state index contributed by atoms with van der Waals surface area (Å²) in [5.41, 5.74) is 0.511. The molecule has 0 aliphatic heterocycles. The highest BCUT2D eigenvalue weighted by Crippen LogP contribution is 2.45. The molecule has 0 radical (unpaired) electrons. The number of guanidine groups is 1. The first kappa shape index (κ1) is 14.1. The lowest BCUT2D eigenvalue weighted by Crippen LogP contribution is -2.39. The molecule has 0 aromatic rings. The van der Waals surface area contributed by atoms with Crippen LogP contribution in [0.1, 0.15) is 40.0 Å². The molecule has 0 spiro atoms. The van der Waals surface area contributed by atoms with E-state index < -0.39 is 0 Å². The van der Waals surface area contributed by atoms with Crippen LogP contribution in [-0.2, 0) is 0 Å². The van der Waals surface area contributed by atoms with Gasteiger partial charge < -0.3 is 10.6 Å². The molecule has 94 valence electrons. The number of rotatable bonds is 4. The summed E-state index contributed by atoms with van der Waals surface area (Å²) in [4.78, 5) is 4.66. The molecular formula is C12H24IN3. The third kappa shape index (κ3) is 4.11. The van der Waals surface area contributed by atoms with Crippen LogP contribution >= 0.6 is 24.0 Å². The Balaban J connectivity index is 0.00000128. The van der Waals surface area contributed by atoms with Gasteiger partial charge in [-0.2, -0.15) is 0 Å². The first-order valence-electron chi connectivity index (χ1n) is 6.18. The van der Waals surface area contributed by atoms with Crippen LogP contribution in [0.3, 0.4) is 0 Å². The summed E-state index contributed by atoms with van der Waals surface area (Å²) in [6, 6.07) is 0.662. The zero-order valence-electron chi connectivity index (χ0n) is 10.5. The van der Waals surface area contributed by atoms with Gasteiger partial charge in [-0.05, 0) is 37.5 Å². The molecule has 0 heterocycles. The van der Waals surface area contributed by atoms with E-state index in [9.17, 15) is 0 Å². The molecular weight excluding hydrogens is 313 g/mol. The average molecular weight is 337 g/mol. The summed E-state index contributed by atoms with van der Waals surface area (Å²) in [7, 11) is 0. The van der Waals surface area contributed by atoms with Crippen molar-refractivity contribution in [2.75, 3.05) is 13.1 Å². The summed E-state index contributed by atoms with van der Waals surface area (Å²) in [5, 5.41) is 6.79. The van der Waals surface area contributed by atoms with Crippen LogP contribution in [0.2, 0.25) is 0 Å². The maximum atomic E-state index is 4.66. The monoisotopic (exact) mass is 337 g/mol. The lowest BCUT2D eigenvalue weighted by atomic mass is 10.1. The molecule has 3 nitrogen and oxygen atoms in total. The van der Waals surface area contributed by atoms with E-state index in [-0.39, 0.29) is 24.0 Å². The topological polar surface area (TPSA) is 36.4 Å². The second-order valence-electron chi connectivity index (χ2n) is 5.47. The van der Waals surface area contributed by atoms with E-state index in [1.165, 1.54) is 19.3 Å². The van der Waals surface area contributed by atoms with Crippen molar-refractivity contribution in [2.45, 2.75) is 46.1 Å². The van der Waals surface area contributed by atoms with Crippen LogP contribution in [0, 0.1) is 11.3 Å². The molecule has 0 saturated heterocycles. The minimum absolute atomic E-state index is 0.